The maximum absolute atomic E-state index is 11.6. The number of carbonyl (C=O) groups excluding carboxylic acids is 1. The third kappa shape index (κ3) is 3.97. The average molecular weight is 306 g/mol. The molecule has 0 aromatic heterocycles. The molecular formula is C16H16ClNO3. The van der Waals surface area contributed by atoms with E-state index in [0.29, 0.717) is 22.9 Å². The first-order valence-corrected chi connectivity index (χ1v) is 6.79. The highest BCUT2D eigenvalue weighted by Gasteiger charge is 2.20. The largest absolute Gasteiger partial charge is 0.489 e. The van der Waals surface area contributed by atoms with Crippen LogP contribution in [0.3, 0.4) is 0 Å². The average Bonchev–Trinajstić information content (AvgIpc) is 2.52. The molecule has 0 heterocycles. The molecule has 0 unspecified atom stereocenters. The summed E-state index contributed by atoms with van der Waals surface area (Å²) in [6, 6.07) is 13.6. The van der Waals surface area contributed by atoms with Crippen molar-refractivity contribution in [3.05, 3.63) is 64.7 Å². The lowest BCUT2D eigenvalue weighted by atomic mass is 10.1. The van der Waals surface area contributed by atoms with Crippen LogP contribution in [0.5, 0.6) is 5.75 Å². The van der Waals surface area contributed by atoms with Gasteiger partial charge in [0.2, 0.25) is 0 Å². The fraction of sp³-hybridized carbons (Fsp3) is 0.188. The molecule has 0 bridgehead atoms. The van der Waals surface area contributed by atoms with Crippen LogP contribution < -0.4 is 10.5 Å². The van der Waals surface area contributed by atoms with Crippen molar-refractivity contribution in [2.24, 2.45) is 5.73 Å². The topological polar surface area (TPSA) is 61.5 Å². The van der Waals surface area contributed by atoms with Gasteiger partial charge in [-0.3, -0.25) is 4.79 Å². The summed E-state index contributed by atoms with van der Waals surface area (Å²) in [6.45, 7) is 0.339. The van der Waals surface area contributed by atoms with Crippen LogP contribution in [0.1, 0.15) is 17.2 Å². The molecule has 2 aromatic rings. The van der Waals surface area contributed by atoms with Gasteiger partial charge >= 0.3 is 5.97 Å². The number of benzene rings is 2. The molecule has 2 aromatic carbocycles. The van der Waals surface area contributed by atoms with E-state index < -0.39 is 12.0 Å². The van der Waals surface area contributed by atoms with Crippen LogP contribution in [0.4, 0.5) is 0 Å². The molecule has 0 aliphatic heterocycles. The molecular weight excluding hydrogens is 290 g/mol. The van der Waals surface area contributed by atoms with E-state index in [-0.39, 0.29) is 0 Å². The molecule has 2 N–H and O–H groups in total. The van der Waals surface area contributed by atoms with E-state index in [1.807, 2.05) is 24.3 Å². The number of rotatable bonds is 5. The van der Waals surface area contributed by atoms with Crippen molar-refractivity contribution in [3.63, 3.8) is 0 Å². The minimum atomic E-state index is -0.870. The first-order chi connectivity index (χ1) is 10.1. The molecule has 2 rings (SSSR count). The smallest absolute Gasteiger partial charge is 0.327 e. The van der Waals surface area contributed by atoms with Crippen molar-refractivity contribution in [2.45, 2.75) is 12.6 Å². The minimum absolute atomic E-state index is 0.339. The van der Waals surface area contributed by atoms with E-state index in [1.54, 1.807) is 24.3 Å². The van der Waals surface area contributed by atoms with Crippen molar-refractivity contribution < 1.29 is 14.3 Å². The Morgan fingerprint density at radius 2 is 2.00 bits per heavy atom. The van der Waals surface area contributed by atoms with Gasteiger partial charge < -0.3 is 15.2 Å². The molecule has 0 amide bonds. The Balaban J connectivity index is 2.15. The zero-order chi connectivity index (χ0) is 15.2. The fourth-order valence-corrected chi connectivity index (χ4v) is 2.12. The van der Waals surface area contributed by atoms with Crippen molar-refractivity contribution in [2.75, 3.05) is 7.11 Å². The lowest BCUT2D eigenvalue weighted by Crippen LogP contribution is -2.23. The fourth-order valence-electron chi connectivity index (χ4n) is 1.91. The summed E-state index contributed by atoms with van der Waals surface area (Å²) in [5.41, 5.74) is 7.39. The van der Waals surface area contributed by atoms with Crippen LogP contribution >= 0.6 is 11.6 Å². The second-order valence-corrected chi connectivity index (χ2v) is 4.89. The molecule has 0 fully saturated rings. The Kier molecular flexibility index (Phi) is 5.20. The zero-order valence-electron chi connectivity index (χ0n) is 11.6. The molecule has 110 valence electrons. The molecule has 0 aliphatic carbocycles. The van der Waals surface area contributed by atoms with Crippen molar-refractivity contribution >= 4 is 17.6 Å². The van der Waals surface area contributed by atoms with Crippen LogP contribution in [-0.2, 0) is 16.1 Å². The summed E-state index contributed by atoms with van der Waals surface area (Å²) in [6.07, 6.45) is 0. The lowest BCUT2D eigenvalue weighted by Gasteiger charge is -2.15. The SMILES string of the molecule is COC(=O)[C@@H](N)c1ccccc1OCc1cccc(Cl)c1. The summed E-state index contributed by atoms with van der Waals surface area (Å²) in [5.74, 6) is 0.0455. The molecule has 0 saturated carbocycles. The number of ether oxygens (including phenoxy) is 2. The normalized spacial score (nSPS) is 11.8. The van der Waals surface area contributed by atoms with Crippen LogP contribution in [0.25, 0.3) is 0 Å². The van der Waals surface area contributed by atoms with Crippen molar-refractivity contribution in [1.29, 1.82) is 0 Å². The van der Waals surface area contributed by atoms with E-state index in [1.165, 1.54) is 7.11 Å². The predicted octanol–water partition coefficient (Wildman–Crippen LogP) is 3.09. The van der Waals surface area contributed by atoms with Gasteiger partial charge in [-0.15, -0.1) is 0 Å². The molecule has 0 aliphatic rings. The van der Waals surface area contributed by atoms with Gasteiger partial charge in [0.1, 0.15) is 18.4 Å². The monoisotopic (exact) mass is 305 g/mol. The van der Waals surface area contributed by atoms with Crippen LogP contribution in [0, 0.1) is 0 Å². The van der Waals surface area contributed by atoms with Crippen LogP contribution in [0.2, 0.25) is 5.02 Å². The number of methoxy groups -OCH3 is 1. The summed E-state index contributed by atoms with van der Waals surface area (Å²) >= 11 is 5.93. The Morgan fingerprint density at radius 3 is 2.71 bits per heavy atom. The third-order valence-electron chi connectivity index (χ3n) is 2.99. The van der Waals surface area contributed by atoms with Crippen LogP contribution in [-0.4, -0.2) is 13.1 Å². The third-order valence-corrected chi connectivity index (χ3v) is 3.23. The standard InChI is InChI=1S/C16H16ClNO3/c1-20-16(19)15(18)13-7-2-3-8-14(13)21-10-11-5-4-6-12(17)9-11/h2-9,15H,10,18H2,1H3/t15-/m0/s1. The number of hydrogen-bond donors (Lipinski definition) is 1. The molecule has 1 atom stereocenters. The summed E-state index contributed by atoms with van der Waals surface area (Å²) in [4.78, 5) is 11.6. The molecule has 0 spiro atoms. The van der Waals surface area contributed by atoms with Gasteiger partial charge in [-0.1, -0.05) is 41.9 Å². The molecule has 21 heavy (non-hydrogen) atoms. The van der Waals surface area contributed by atoms with E-state index in [0.717, 1.165) is 5.56 Å². The van der Waals surface area contributed by atoms with Gasteiger partial charge in [0.15, 0.2) is 0 Å². The first-order valence-electron chi connectivity index (χ1n) is 6.41. The van der Waals surface area contributed by atoms with Gasteiger partial charge in [0.25, 0.3) is 0 Å². The molecule has 0 radical (unpaired) electrons. The minimum Gasteiger partial charge on any atom is -0.489 e. The van der Waals surface area contributed by atoms with Gasteiger partial charge in [0, 0.05) is 10.6 Å². The van der Waals surface area contributed by atoms with E-state index in [9.17, 15) is 4.79 Å². The Bertz CT molecular complexity index is 630. The highest BCUT2D eigenvalue weighted by atomic mass is 35.5. The number of esters is 1. The number of para-hydroxylation sites is 1. The van der Waals surface area contributed by atoms with E-state index in [4.69, 9.17) is 22.1 Å². The molecule has 4 nitrogen and oxygen atoms in total. The number of hydrogen-bond acceptors (Lipinski definition) is 4. The Morgan fingerprint density at radius 1 is 1.24 bits per heavy atom. The van der Waals surface area contributed by atoms with Crippen molar-refractivity contribution in [1.82, 2.24) is 0 Å². The zero-order valence-corrected chi connectivity index (χ0v) is 12.3. The highest BCUT2D eigenvalue weighted by Crippen LogP contribution is 2.25. The van der Waals surface area contributed by atoms with Crippen LogP contribution in [0.15, 0.2) is 48.5 Å². The highest BCUT2D eigenvalue weighted by molar-refractivity contribution is 6.30. The molecule has 5 heteroatoms. The summed E-state index contributed by atoms with van der Waals surface area (Å²) < 4.78 is 10.4. The number of halogens is 1. The van der Waals surface area contributed by atoms with Gasteiger partial charge in [-0.25, -0.2) is 0 Å². The Labute approximate surface area is 128 Å². The maximum Gasteiger partial charge on any atom is 0.327 e. The predicted molar refractivity (Wildman–Crippen MR) is 81.2 cm³/mol. The second-order valence-electron chi connectivity index (χ2n) is 4.46. The van der Waals surface area contributed by atoms with E-state index >= 15 is 0 Å². The quantitative estimate of drug-likeness (QED) is 0.862. The lowest BCUT2D eigenvalue weighted by molar-refractivity contribution is -0.142. The maximum atomic E-state index is 11.6. The summed E-state index contributed by atoms with van der Waals surface area (Å²) in [7, 11) is 1.30. The first kappa shape index (κ1) is 15.4. The number of carbonyl (C=O) groups is 1. The van der Waals surface area contributed by atoms with Gasteiger partial charge in [-0.2, -0.15) is 0 Å². The van der Waals surface area contributed by atoms with Crippen molar-refractivity contribution in [3.8, 4) is 5.75 Å². The molecule has 0 saturated heterocycles. The second kappa shape index (κ2) is 7.11. The Hall–Kier alpha value is -2.04. The summed E-state index contributed by atoms with van der Waals surface area (Å²) in [5, 5.41) is 0.649. The van der Waals surface area contributed by atoms with Gasteiger partial charge in [0.05, 0.1) is 7.11 Å². The van der Waals surface area contributed by atoms with E-state index in [2.05, 4.69) is 4.74 Å². The number of nitrogens with two attached hydrogens (primary N) is 1. The van der Waals surface area contributed by atoms with Gasteiger partial charge in [-0.05, 0) is 23.8 Å².